The van der Waals surface area contributed by atoms with Crippen molar-refractivity contribution in [3.05, 3.63) is 101 Å². The Labute approximate surface area is 177 Å². The summed E-state index contributed by atoms with van der Waals surface area (Å²) in [7, 11) is 1.73. The molecular weight excluding hydrogens is 370 g/mol. The Hall–Kier alpha value is -3.11. The van der Waals surface area contributed by atoms with Crippen molar-refractivity contribution in [1.29, 1.82) is 5.41 Å². The highest BCUT2D eigenvalue weighted by atomic mass is 16.5. The molecule has 4 rings (SSSR count). The largest absolute Gasteiger partial charge is 0.383 e. The Morgan fingerprint density at radius 1 is 0.833 bits per heavy atom. The summed E-state index contributed by atoms with van der Waals surface area (Å²) in [6.45, 7) is 5.45. The maximum atomic E-state index is 9.06. The van der Waals surface area contributed by atoms with Crippen molar-refractivity contribution < 1.29 is 4.74 Å². The number of nitrogens with zero attached hydrogens (tertiary/aromatic N) is 2. The highest BCUT2D eigenvalue weighted by Crippen LogP contribution is 2.22. The van der Waals surface area contributed by atoms with Gasteiger partial charge in [-0.05, 0) is 43.5 Å². The van der Waals surface area contributed by atoms with Gasteiger partial charge in [0.25, 0.3) is 0 Å². The third kappa shape index (κ3) is 4.10. The zero-order valence-electron chi connectivity index (χ0n) is 17.9. The second kappa shape index (κ2) is 8.72. The molecular formula is C26H29N3O. The van der Waals surface area contributed by atoms with Crippen LogP contribution in [0.1, 0.15) is 28.3 Å². The number of aromatic nitrogens is 2. The first-order valence-corrected chi connectivity index (χ1v) is 10.4. The lowest BCUT2D eigenvalue weighted by molar-refractivity contribution is 0.154. The second-order valence-corrected chi connectivity index (χ2v) is 8.06. The van der Waals surface area contributed by atoms with E-state index in [0.717, 1.165) is 17.5 Å². The quantitative estimate of drug-likeness (QED) is 0.466. The van der Waals surface area contributed by atoms with Gasteiger partial charge >= 0.3 is 0 Å². The highest BCUT2D eigenvalue weighted by Gasteiger charge is 2.19. The lowest BCUT2D eigenvalue weighted by atomic mass is 10.0. The van der Waals surface area contributed by atoms with Crippen LogP contribution in [0.25, 0.3) is 11.0 Å². The molecule has 0 saturated heterocycles. The predicted molar refractivity (Wildman–Crippen MR) is 122 cm³/mol. The summed E-state index contributed by atoms with van der Waals surface area (Å²) in [6, 6.07) is 25.5. The molecule has 0 aliphatic heterocycles. The van der Waals surface area contributed by atoms with Crippen LogP contribution >= 0.6 is 0 Å². The summed E-state index contributed by atoms with van der Waals surface area (Å²) in [5.41, 5.74) is 7.61. The molecule has 0 aliphatic carbocycles. The molecule has 154 valence electrons. The molecule has 0 saturated carbocycles. The van der Waals surface area contributed by atoms with Crippen molar-refractivity contribution in [2.24, 2.45) is 0 Å². The molecule has 1 N–H and O–H groups in total. The summed E-state index contributed by atoms with van der Waals surface area (Å²) >= 11 is 0. The molecule has 4 aromatic rings. The monoisotopic (exact) mass is 399 g/mol. The Morgan fingerprint density at radius 2 is 1.57 bits per heavy atom. The van der Waals surface area contributed by atoms with Crippen LogP contribution in [0.15, 0.2) is 72.8 Å². The van der Waals surface area contributed by atoms with Crippen molar-refractivity contribution in [2.45, 2.75) is 32.9 Å². The lowest BCUT2D eigenvalue weighted by Crippen LogP contribution is -2.31. The minimum Gasteiger partial charge on any atom is -0.383 e. The van der Waals surface area contributed by atoms with Gasteiger partial charge in [-0.2, -0.15) is 0 Å². The molecule has 1 atom stereocenters. The molecule has 0 aliphatic rings. The van der Waals surface area contributed by atoms with Crippen LogP contribution in [0.3, 0.4) is 0 Å². The Balaban J connectivity index is 1.79. The average Bonchev–Trinajstić information content (AvgIpc) is 3.01. The molecule has 0 bridgehead atoms. The van der Waals surface area contributed by atoms with Crippen LogP contribution in [0.5, 0.6) is 0 Å². The number of nitrogens with one attached hydrogen (secondary N) is 1. The minimum atomic E-state index is 0.0499. The fraction of sp³-hybridized carbons (Fsp3) is 0.269. The van der Waals surface area contributed by atoms with E-state index in [2.05, 4.69) is 83.6 Å². The van der Waals surface area contributed by atoms with E-state index in [-0.39, 0.29) is 6.04 Å². The molecule has 0 fully saturated rings. The van der Waals surface area contributed by atoms with Gasteiger partial charge in [0, 0.05) is 7.11 Å². The van der Waals surface area contributed by atoms with E-state index in [1.54, 1.807) is 7.11 Å². The van der Waals surface area contributed by atoms with Crippen molar-refractivity contribution in [3.63, 3.8) is 0 Å². The number of hydrogen-bond donors (Lipinski definition) is 1. The predicted octanol–water partition coefficient (Wildman–Crippen LogP) is 5.02. The fourth-order valence-corrected chi connectivity index (χ4v) is 4.19. The Bertz CT molecular complexity index is 1200. The molecule has 30 heavy (non-hydrogen) atoms. The summed E-state index contributed by atoms with van der Waals surface area (Å²) < 4.78 is 9.82. The zero-order valence-corrected chi connectivity index (χ0v) is 17.9. The normalized spacial score (nSPS) is 12.4. The van der Waals surface area contributed by atoms with E-state index in [0.29, 0.717) is 18.8 Å². The van der Waals surface area contributed by atoms with Gasteiger partial charge in [-0.1, -0.05) is 71.8 Å². The van der Waals surface area contributed by atoms with E-state index in [4.69, 9.17) is 10.1 Å². The summed E-state index contributed by atoms with van der Waals surface area (Å²) in [4.78, 5) is 0. The molecule has 0 spiro atoms. The Morgan fingerprint density at radius 3 is 2.27 bits per heavy atom. The van der Waals surface area contributed by atoms with Crippen LogP contribution in [0.2, 0.25) is 0 Å². The molecule has 0 radical (unpaired) electrons. The summed E-state index contributed by atoms with van der Waals surface area (Å²) in [5, 5.41) is 9.06. The third-order valence-electron chi connectivity index (χ3n) is 5.66. The van der Waals surface area contributed by atoms with Crippen molar-refractivity contribution in [2.75, 3.05) is 13.7 Å². The third-order valence-corrected chi connectivity index (χ3v) is 5.66. The lowest BCUT2D eigenvalue weighted by Gasteiger charge is -2.19. The van der Waals surface area contributed by atoms with Gasteiger partial charge in [0.15, 0.2) is 0 Å². The molecule has 0 amide bonds. The van der Waals surface area contributed by atoms with Gasteiger partial charge in [0.05, 0.1) is 30.2 Å². The van der Waals surface area contributed by atoms with Crippen LogP contribution in [-0.4, -0.2) is 22.9 Å². The van der Waals surface area contributed by atoms with Gasteiger partial charge in [0.2, 0.25) is 5.62 Å². The summed E-state index contributed by atoms with van der Waals surface area (Å²) in [6.07, 6.45) is 0.823. The van der Waals surface area contributed by atoms with Crippen molar-refractivity contribution >= 4 is 11.0 Å². The molecule has 3 aromatic carbocycles. The highest BCUT2D eigenvalue weighted by molar-refractivity contribution is 5.76. The maximum absolute atomic E-state index is 9.06. The van der Waals surface area contributed by atoms with E-state index >= 15 is 0 Å². The van der Waals surface area contributed by atoms with Gasteiger partial charge in [-0.25, -0.2) is 0 Å². The average molecular weight is 400 g/mol. The zero-order chi connectivity index (χ0) is 21.1. The number of hydrogen-bond acceptors (Lipinski definition) is 2. The first-order chi connectivity index (χ1) is 14.6. The summed E-state index contributed by atoms with van der Waals surface area (Å²) in [5.74, 6) is 0. The number of para-hydroxylation sites is 2. The van der Waals surface area contributed by atoms with E-state index in [1.165, 1.54) is 22.3 Å². The number of methoxy groups -OCH3 is 1. The van der Waals surface area contributed by atoms with Gasteiger partial charge in [0.1, 0.15) is 0 Å². The minimum absolute atomic E-state index is 0.0499. The number of fused-ring (bicyclic) bond motifs is 1. The fourth-order valence-electron chi connectivity index (χ4n) is 4.19. The maximum Gasteiger partial charge on any atom is 0.203 e. The van der Waals surface area contributed by atoms with Crippen LogP contribution in [0, 0.1) is 19.3 Å². The topological polar surface area (TPSA) is 42.9 Å². The first kappa shape index (κ1) is 20.2. The van der Waals surface area contributed by atoms with Gasteiger partial charge in [-0.3, -0.25) is 5.41 Å². The smallest absolute Gasteiger partial charge is 0.203 e. The molecule has 1 heterocycles. The standard InChI is InChI=1S/C26H29N3O/c1-19-11-13-21(14-12-19)16-23(18-30-3)29-25-10-5-4-9-24(25)28(26(29)27)17-22-8-6-7-20(2)15-22/h4-15,23,27H,16-18H2,1-3H3/t23-/m0/s1. The van der Waals surface area contributed by atoms with Crippen molar-refractivity contribution in [1.82, 2.24) is 9.13 Å². The first-order valence-electron chi connectivity index (χ1n) is 10.4. The van der Waals surface area contributed by atoms with E-state index < -0.39 is 0 Å². The molecule has 4 heteroatoms. The molecule has 4 nitrogen and oxygen atoms in total. The van der Waals surface area contributed by atoms with Crippen molar-refractivity contribution in [3.8, 4) is 0 Å². The molecule has 0 unspecified atom stereocenters. The van der Waals surface area contributed by atoms with Crippen LogP contribution in [0.4, 0.5) is 0 Å². The number of ether oxygens (including phenoxy) is 1. The van der Waals surface area contributed by atoms with Crippen LogP contribution < -0.4 is 5.62 Å². The molecule has 1 aromatic heterocycles. The van der Waals surface area contributed by atoms with Gasteiger partial charge < -0.3 is 13.9 Å². The second-order valence-electron chi connectivity index (χ2n) is 8.06. The number of rotatable bonds is 7. The Kier molecular flexibility index (Phi) is 5.86. The van der Waals surface area contributed by atoms with Gasteiger partial charge in [-0.15, -0.1) is 0 Å². The number of benzene rings is 3. The SMILES string of the molecule is COC[C@H](Cc1ccc(C)cc1)n1c(=N)n(Cc2cccc(C)c2)c2ccccc21. The van der Waals surface area contributed by atoms with Crippen LogP contribution in [-0.2, 0) is 17.7 Å². The number of imidazole rings is 1. The van der Waals surface area contributed by atoms with E-state index in [9.17, 15) is 0 Å². The number of aryl methyl sites for hydroxylation is 2. The van der Waals surface area contributed by atoms with E-state index in [1.807, 2.05) is 12.1 Å².